The Labute approximate surface area is 159 Å². The van der Waals surface area contributed by atoms with E-state index in [4.69, 9.17) is 0 Å². The Morgan fingerprint density at radius 2 is 2.11 bits per heavy atom. The van der Waals surface area contributed by atoms with Gasteiger partial charge in [-0.3, -0.25) is 9.78 Å². The van der Waals surface area contributed by atoms with Crippen LogP contribution in [0.3, 0.4) is 0 Å². The molecule has 8 nitrogen and oxygen atoms in total. The number of aromatic nitrogens is 6. The zero-order valence-corrected chi connectivity index (χ0v) is 15.0. The molecule has 0 radical (unpaired) electrons. The van der Waals surface area contributed by atoms with Crippen molar-refractivity contribution in [3.8, 4) is 5.82 Å². The predicted molar refractivity (Wildman–Crippen MR) is 101 cm³/mol. The third kappa shape index (κ3) is 4.39. The fraction of sp³-hybridized carbons (Fsp3) is 0.111. The van der Waals surface area contributed by atoms with Crippen LogP contribution in [0.25, 0.3) is 5.82 Å². The Morgan fingerprint density at radius 1 is 1.15 bits per heavy atom. The molecule has 0 bridgehead atoms. The van der Waals surface area contributed by atoms with Crippen LogP contribution in [0, 0.1) is 0 Å². The van der Waals surface area contributed by atoms with Crippen LogP contribution in [0.2, 0.25) is 0 Å². The molecule has 4 heterocycles. The van der Waals surface area contributed by atoms with E-state index in [2.05, 4.69) is 30.4 Å². The summed E-state index contributed by atoms with van der Waals surface area (Å²) in [4.78, 5) is 29.2. The van der Waals surface area contributed by atoms with Crippen LogP contribution in [-0.2, 0) is 17.6 Å². The van der Waals surface area contributed by atoms with Gasteiger partial charge in [-0.15, -0.1) is 11.3 Å². The number of nitrogens with zero attached hydrogens (tertiary/aromatic N) is 6. The third-order valence-electron chi connectivity index (χ3n) is 3.68. The van der Waals surface area contributed by atoms with Crippen molar-refractivity contribution >= 4 is 22.9 Å². The Hall–Kier alpha value is -3.46. The first-order valence-electron chi connectivity index (χ1n) is 8.20. The van der Waals surface area contributed by atoms with Crippen LogP contribution in [0.5, 0.6) is 0 Å². The van der Waals surface area contributed by atoms with Gasteiger partial charge < -0.3 is 5.32 Å². The average Bonchev–Trinajstić information content (AvgIpc) is 3.36. The van der Waals surface area contributed by atoms with Crippen LogP contribution in [-0.4, -0.2) is 35.6 Å². The molecule has 9 heteroatoms. The summed E-state index contributed by atoms with van der Waals surface area (Å²) in [6.07, 6.45) is 7.23. The molecule has 0 atom stereocenters. The molecule has 27 heavy (non-hydrogen) atoms. The topological polar surface area (TPSA) is 98.5 Å². The molecule has 0 aliphatic heterocycles. The van der Waals surface area contributed by atoms with Gasteiger partial charge in [0.05, 0.1) is 29.0 Å². The summed E-state index contributed by atoms with van der Waals surface area (Å²) >= 11 is 1.53. The molecule has 4 aromatic rings. The largest absolute Gasteiger partial charge is 0.324 e. The number of hydrogen-bond acceptors (Lipinski definition) is 7. The van der Waals surface area contributed by atoms with E-state index in [0.717, 1.165) is 16.4 Å². The van der Waals surface area contributed by atoms with Crippen molar-refractivity contribution in [2.24, 2.45) is 0 Å². The summed E-state index contributed by atoms with van der Waals surface area (Å²) in [5, 5.41) is 9.68. The second-order valence-electron chi connectivity index (χ2n) is 5.70. The van der Waals surface area contributed by atoms with Crippen molar-refractivity contribution in [2.75, 3.05) is 5.32 Å². The van der Waals surface area contributed by atoms with E-state index >= 15 is 0 Å². The number of anilines is 1. The fourth-order valence-corrected chi connectivity index (χ4v) is 3.27. The smallest absolute Gasteiger partial charge is 0.230 e. The molecular weight excluding hydrogens is 362 g/mol. The zero-order chi connectivity index (χ0) is 18.5. The number of amides is 1. The van der Waals surface area contributed by atoms with E-state index in [1.165, 1.54) is 17.7 Å². The van der Waals surface area contributed by atoms with Gasteiger partial charge in [0, 0.05) is 23.7 Å². The quantitative estimate of drug-likeness (QED) is 0.553. The van der Waals surface area contributed by atoms with E-state index in [1.54, 1.807) is 35.5 Å². The third-order valence-corrected chi connectivity index (χ3v) is 4.58. The van der Waals surface area contributed by atoms with Gasteiger partial charge in [0.2, 0.25) is 5.91 Å². The maximum Gasteiger partial charge on any atom is 0.230 e. The molecule has 0 fully saturated rings. The molecule has 0 aromatic carbocycles. The lowest BCUT2D eigenvalue weighted by molar-refractivity contribution is -0.115. The summed E-state index contributed by atoms with van der Waals surface area (Å²) in [5.74, 6) is 0.490. The van der Waals surface area contributed by atoms with Crippen molar-refractivity contribution in [2.45, 2.75) is 12.8 Å². The standard InChI is InChI=1S/C18H15N7OS/c26-17(23-14-4-5-16(21-9-14)25-12-19-11-22-25)7-15-10-27-18(24-15)8-13-3-1-2-6-20-13/h1-6,9-12H,7-8H2,(H,23,26). The first-order valence-corrected chi connectivity index (χ1v) is 9.08. The van der Waals surface area contributed by atoms with Gasteiger partial charge in [-0.05, 0) is 24.3 Å². The van der Waals surface area contributed by atoms with Gasteiger partial charge in [0.15, 0.2) is 5.82 Å². The van der Waals surface area contributed by atoms with Crippen molar-refractivity contribution in [1.29, 1.82) is 0 Å². The van der Waals surface area contributed by atoms with Crippen molar-refractivity contribution < 1.29 is 4.79 Å². The van der Waals surface area contributed by atoms with Crippen LogP contribution in [0.1, 0.15) is 16.4 Å². The zero-order valence-electron chi connectivity index (χ0n) is 14.2. The predicted octanol–water partition coefficient (Wildman–Crippen LogP) is 2.29. The average molecular weight is 377 g/mol. The lowest BCUT2D eigenvalue weighted by Gasteiger charge is -2.05. The molecule has 0 aliphatic carbocycles. The van der Waals surface area contributed by atoms with Crippen LogP contribution >= 0.6 is 11.3 Å². The highest BCUT2D eigenvalue weighted by Crippen LogP contribution is 2.15. The Bertz CT molecular complexity index is 1010. The van der Waals surface area contributed by atoms with E-state index in [9.17, 15) is 4.79 Å². The minimum Gasteiger partial charge on any atom is -0.324 e. The Morgan fingerprint density at radius 3 is 2.85 bits per heavy atom. The molecule has 0 unspecified atom stereocenters. The first-order chi connectivity index (χ1) is 13.3. The number of hydrogen-bond donors (Lipinski definition) is 1. The summed E-state index contributed by atoms with van der Waals surface area (Å²) < 4.78 is 1.55. The maximum absolute atomic E-state index is 12.2. The minimum atomic E-state index is -0.139. The Balaban J connectivity index is 1.34. The molecule has 0 spiro atoms. The molecule has 0 saturated carbocycles. The maximum atomic E-state index is 12.2. The second-order valence-corrected chi connectivity index (χ2v) is 6.64. The molecule has 0 saturated heterocycles. The first kappa shape index (κ1) is 17.0. The lowest BCUT2D eigenvalue weighted by Crippen LogP contribution is -2.15. The summed E-state index contributed by atoms with van der Waals surface area (Å²) in [6, 6.07) is 9.33. The van der Waals surface area contributed by atoms with Gasteiger partial charge in [-0.2, -0.15) is 5.10 Å². The van der Waals surface area contributed by atoms with Crippen molar-refractivity contribution in [3.05, 3.63) is 77.2 Å². The highest BCUT2D eigenvalue weighted by atomic mass is 32.1. The highest BCUT2D eigenvalue weighted by Gasteiger charge is 2.09. The monoisotopic (exact) mass is 377 g/mol. The molecule has 1 amide bonds. The van der Waals surface area contributed by atoms with Gasteiger partial charge in [0.1, 0.15) is 12.7 Å². The number of nitrogens with one attached hydrogen (secondary N) is 1. The van der Waals surface area contributed by atoms with E-state index in [0.29, 0.717) is 17.9 Å². The SMILES string of the molecule is O=C(Cc1csc(Cc2ccccn2)n1)Nc1ccc(-n2cncn2)nc1. The number of carbonyl (C=O) groups is 1. The molecule has 134 valence electrons. The van der Waals surface area contributed by atoms with Crippen LogP contribution in [0.4, 0.5) is 5.69 Å². The second kappa shape index (κ2) is 7.83. The number of pyridine rings is 2. The molecule has 0 aliphatic rings. The van der Waals surface area contributed by atoms with E-state index in [1.807, 2.05) is 23.6 Å². The summed E-state index contributed by atoms with van der Waals surface area (Å²) in [6.45, 7) is 0. The van der Waals surface area contributed by atoms with Crippen LogP contribution < -0.4 is 5.32 Å². The summed E-state index contributed by atoms with van der Waals surface area (Å²) in [7, 11) is 0. The number of carbonyl (C=O) groups excluding carboxylic acids is 1. The van der Waals surface area contributed by atoms with Gasteiger partial charge in [-0.25, -0.2) is 19.6 Å². The molecule has 4 rings (SSSR count). The van der Waals surface area contributed by atoms with Gasteiger partial charge in [-0.1, -0.05) is 6.07 Å². The molecule has 1 N–H and O–H groups in total. The fourth-order valence-electron chi connectivity index (χ4n) is 2.46. The van der Waals surface area contributed by atoms with E-state index < -0.39 is 0 Å². The number of thiazole rings is 1. The van der Waals surface area contributed by atoms with Crippen LogP contribution in [0.15, 0.2) is 60.8 Å². The number of rotatable bonds is 6. The molecular formula is C18H15N7OS. The van der Waals surface area contributed by atoms with Gasteiger partial charge >= 0.3 is 0 Å². The highest BCUT2D eigenvalue weighted by molar-refractivity contribution is 7.09. The molecule has 4 aromatic heterocycles. The lowest BCUT2D eigenvalue weighted by atomic mass is 10.3. The van der Waals surface area contributed by atoms with E-state index in [-0.39, 0.29) is 12.3 Å². The normalized spacial score (nSPS) is 10.7. The van der Waals surface area contributed by atoms with Gasteiger partial charge in [0.25, 0.3) is 0 Å². The summed E-state index contributed by atoms with van der Waals surface area (Å²) in [5.41, 5.74) is 2.32. The van der Waals surface area contributed by atoms with Crippen molar-refractivity contribution in [1.82, 2.24) is 29.7 Å². The van der Waals surface area contributed by atoms with Crippen molar-refractivity contribution in [3.63, 3.8) is 0 Å². The Kier molecular flexibility index (Phi) is 4.93. The minimum absolute atomic E-state index is 0.139.